The molecule has 0 bridgehead atoms. The van der Waals surface area contributed by atoms with Gasteiger partial charge < -0.3 is 4.74 Å². The Hall–Kier alpha value is -2.79. The topological polar surface area (TPSA) is 26.3 Å². The number of benzene rings is 2. The summed E-state index contributed by atoms with van der Waals surface area (Å²) >= 11 is 0. The minimum Gasteiger partial charge on any atom is -0.480 e. The third kappa shape index (κ3) is 3.60. The van der Waals surface area contributed by atoms with E-state index in [2.05, 4.69) is 5.92 Å². The lowest BCUT2D eigenvalue weighted by atomic mass is 10.1. The standard InChI is InChI=1S/C18H14O2/c1-2-14-20-18-11-7-6-10-16(18)12-13-17(19)15-8-4-3-5-9-15/h1,3-13H,14H2/b13-12+. The Morgan fingerprint density at radius 3 is 2.55 bits per heavy atom. The molecule has 2 aromatic carbocycles. The third-order valence-corrected chi connectivity index (χ3v) is 2.70. The average Bonchev–Trinajstić information content (AvgIpc) is 2.52. The van der Waals surface area contributed by atoms with Gasteiger partial charge in [0.2, 0.25) is 0 Å². The minimum absolute atomic E-state index is 0.0441. The van der Waals surface area contributed by atoms with Gasteiger partial charge in [-0.15, -0.1) is 6.42 Å². The molecule has 98 valence electrons. The van der Waals surface area contributed by atoms with Crippen molar-refractivity contribution in [2.75, 3.05) is 6.61 Å². The lowest BCUT2D eigenvalue weighted by Crippen LogP contribution is -1.96. The molecule has 0 unspecified atom stereocenters. The molecule has 0 amide bonds. The number of ether oxygens (including phenoxy) is 1. The van der Waals surface area contributed by atoms with Gasteiger partial charge in [-0.1, -0.05) is 54.5 Å². The van der Waals surface area contributed by atoms with Crippen LogP contribution >= 0.6 is 0 Å². The first-order valence-corrected chi connectivity index (χ1v) is 6.24. The van der Waals surface area contributed by atoms with Crippen molar-refractivity contribution < 1.29 is 9.53 Å². The van der Waals surface area contributed by atoms with Crippen LogP contribution in [0.4, 0.5) is 0 Å². The molecule has 0 spiro atoms. The second-order valence-electron chi connectivity index (χ2n) is 4.09. The highest BCUT2D eigenvalue weighted by molar-refractivity contribution is 6.06. The number of hydrogen-bond donors (Lipinski definition) is 0. The molecule has 2 rings (SSSR count). The molecule has 0 fully saturated rings. The highest BCUT2D eigenvalue weighted by Gasteiger charge is 2.02. The molecule has 2 heteroatoms. The average molecular weight is 262 g/mol. The summed E-state index contributed by atoms with van der Waals surface area (Å²) in [6.45, 7) is 0.206. The van der Waals surface area contributed by atoms with Crippen LogP contribution in [-0.2, 0) is 0 Å². The molecule has 0 radical (unpaired) electrons. The first-order chi connectivity index (χ1) is 9.81. The van der Waals surface area contributed by atoms with E-state index in [1.165, 1.54) is 6.08 Å². The number of ketones is 1. The van der Waals surface area contributed by atoms with E-state index in [4.69, 9.17) is 11.2 Å². The highest BCUT2D eigenvalue weighted by Crippen LogP contribution is 2.19. The van der Waals surface area contributed by atoms with Gasteiger partial charge in [-0.2, -0.15) is 0 Å². The quantitative estimate of drug-likeness (QED) is 0.467. The summed E-state index contributed by atoms with van der Waals surface area (Å²) in [5.74, 6) is 3.05. The summed E-state index contributed by atoms with van der Waals surface area (Å²) in [6.07, 6.45) is 8.45. The SMILES string of the molecule is C#CCOc1ccccc1/C=C/C(=O)c1ccccc1. The molecule has 0 aromatic heterocycles. The van der Waals surface area contributed by atoms with Crippen molar-refractivity contribution in [3.63, 3.8) is 0 Å². The molecule has 0 atom stereocenters. The Morgan fingerprint density at radius 2 is 1.80 bits per heavy atom. The van der Waals surface area contributed by atoms with Gasteiger partial charge in [0.25, 0.3) is 0 Å². The van der Waals surface area contributed by atoms with Crippen molar-refractivity contribution in [1.29, 1.82) is 0 Å². The number of carbonyl (C=O) groups excluding carboxylic acids is 1. The van der Waals surface area contributed by atoms with E-state index in [0.29, 0.717) is 11.3 Å². The van der Waals surface area contributed by atoms with Gasteiger partial charge in [-0.05, 0) is 18.2 Å². The number of para-hydroxylation sites is 1. The number of terminal acetylenes is 1. The summed E-state index contributed by atoms with van der Waals surface area (Å²) < 4.78 is 5.43. The fraction of sp³-hybridized carbons (Fsp3) is 0.0556. The Bertz CT molecular complexity index is 649. The number of rotatable bonds is 5. The molecule has 2 nitrogen and oxygen atoms in total. The fourth-order valence-electron chi connectivity index (χ4n) is 1.73. The second kappa shape index (κ2) is 6.96. The van der Waals surface area contributed by atoms with E-state index in [1.54, 1.807) is 18.2 Å². The van der Waals surface area contributed by atoms with Crippen molar-refractivity contribution in [3.05, 3.63) is 71.8 Å². The van der Waals surface area contributed by atoms with Crippen LogP contribution in [0.3, 0.4) is 0 Å². The predicted octanol–water partition coefficient (Wildman–Crippen LogP) is 3.59. The van der Waals surface area contributed by atoms with E-state index < -0.39 is 0 Å². The van der Waals surface area contributed by atoms with E-state index >= 15 is 0 Å². The van der Waals surface area contributed by atoms with Crippen LogP contribution in [0.5, 0.6) is 5.75 Å². The molecule has 0 aliphatic carbocycles. The monoisotopic (exact) mass is 262 g/mol. The maximum absolute atomic E-state index is 12.0. The van der Waals surface area contributed by atoms with E-state index in [9.17, 15) is 4.79 Å². The number of hydrogen-bond acceptors (Lipinski definition) is 2. The molecule has 20 heavy (non-hydrogen) atoms. The minimum atomic E-state index is -0.0441. The highest BCUT2D eigenvalue weighted by atomic mass is 16.5. The zero-order chi connectivity index (χ0) is 14.2. The van der Waals surface area contributed by atoms with Crippen LogP contribution in [-0.4, -0.2) is 12.4 Å². The maximum Gasteiger partial charge on any atom is 0.185 e. The Balaban J connectivity index is 2.16. The van der Waals surface area contributed by atoms with Crippen molar-refractivity contribution in [2.24, 2.45) is 0 Å². The van der Waals surface area contributed by atoms with Crippen LogP contribution in [0.2, 0.25) is 0 Å². The van der Waals surface area contributed by atoms with Gasteiger partial charge in [0.05, 0.1) is 0 Å². The van der Waals surface area contributed by atoms with Crippen molar-refractivity contribution in [3.8, 4) is 18.1 Å². The lowest BCUT2D eigenvalue weighted by molar-refractivity contribution is 0.104. The summed E-state index contributed by atoms with van der Waals surface area (Å²) in [5, 5.41) is 0. The van der Waals surface area contributed by atoms with Crippen molar-refractivity contribution >= 4 is 11.9 Å². The molecule has 0 heterocycles. The van der Waals surface area contributed by atoms with Crippen molar-refractivity contribution in [2.45, 2.75) is 0 Å². The predicted molar refractivity (Wildman–Crippen MR) is 80.6 cm³/mol. The van der Waals surface area contributed by atoms with Crippen LogP contribution in [0, 0.1) is 12.3 Å². The first-order valence-electron chi connectivity index (χ1n) is 6.24. The molecule has 0 saturated heterocycles. The number of allylic oxidation sites excluding steroid dienone is 1. The van der Waals surface area contributed by atoms with Gasteiger partial charge >= 0.3 is 0 Å². The largest absolute Gasteiger partial charge is 0.480 e. The van der Waals surface area contributed by atoms with Gasteiger partial charge in [0.1, 0.15) is 12.4 Å². The Morgan fingerprint density at radius 1 is 1.10 bits per heavy atom. The van der Waals surface area contributed by atoms with Gasteiger partial charge in [0, 0.05) is 11.1 Å². The van der Waals surface area contributed by atoms with Crippen LogP contribution < -0.4 is 4.74 Å². The van der Waals surface area contributed by atoms with E-state index in [0.717, 1.165) is 5.56 Å². The van der Waals surface area contributed by atoms with Gasteiger partial charge in [-0.3, -0.25) is 4.79 Å². The normalized spacial score (nSPS) is 10.2. The molecule has 0 aliphatic rings. The van der Waals surface area contributed by atoms with Gasteiger partial charge in [-0.25, -0.2) is 0 Å². The zero-order valence-corrected chi connectivity index (χ0v) is 11.0. The second-order valence-corrected chi connectivity index (χ2v) is 4.09. The third-order valence-electron chi connectivity index (χ3n) is 2.70. The summed E-state index contributed by atoms with van der Waals surface area (Å²) in [5.41, 5.74) is 1.48. The summed E-state index contributed by atoms with van der Waals surface area (Å²) in [4.78, 5) is 12.0. The lowest BCUT2D eigenvalue weighted by Gasteiger charge is -2.05. The smallest absolute Gasteiger partial charge is 0.185 e. The molecule has 0 aliphatic heterocycles. The van der Waals surface area contributed by atoms with Crippen LogP contribution in [0.25, 0.3) is 6.08 Å². The van der Waals surface area contributed by atoms with Crippen LogP contribution in [0.1, 0.15) is 15.9 Å². The molecular weight excluding hydrogens is 248 g/mol. The molecule has 0 N–H and O–H groups in total. The fourth-order valence-corrected chi connectivity index (χ4v) is 1.73. The summed E-state index contributed by atoms with van der Waals surface area (Å²) in [6, 6.07) is 16.6. The maximum atomic E-state index is 12.0. The molecular formula is C18H14O2. The Kier molecular flexibility index (Phi) is 4.75. The molecule has 2 aromatic rings. The zero-order valence-electron chi connectivity index (χ0n) is 11.0. The Labute approximate surface area is 118 Å². The first kappa shape index (κ1) is 13.6. The number of carbonyl (C=O) groups is 1. The van der Waals surface area contributed by atoms with E-state index in [1.807, 2.05) is 42.5 Å². The van der Waals surface area contributed by atoms with Gasteiger partial charge in [0.15, 0.2) is 5.78 Å². The molecule has 0 saturated carbocycles. The van der Waals surface area contributed by atoms with Crippen LogP contribution in [0.15, 0.2) is 60.7 Å². The van der Waals surface area contributed by atoms with E-state index in [-0.39, 0.29) is 12.4 Å². The van der Waals surface area contributed by atoms with Crippen molar-refractivity contribution in [1.82, 2.24) is 0 Å². The summed E-state index contributed by atoms with van der Waals surface area (Å²) in [7, 11) is 0.